The van der Waals surface area contributed by atoms with Gasteiger partial charge in [0.25, 0.3) is 0 Å². The highest BCUT2D eigenvalue weighted by Crippen LogP contribution is 2.24. The summed E-state index contributed by atoms with van der Waals surface area (Å²) in [6.07, 6.45) is 1.60. The summed E-state index contributed by atoms with van der Waals surface area (Å²) in [6, 6.07) is 14.0. The normalized spacial score (nSPS) is 12.0. The predicted octanol–water partition coefficient (Wildman–Crippen LogP) is 5.00. The Labute approximate surface area is 190 Å². The largest absolute Gasteiger partial charge is 0.471 e. The molecule has 0 unspecified atom stereocenters. The number of nitrogens with two attached hydrogens (primary N) is 1. The van der Waals surface area contributed by atoms with Crippen LogP contribution in [0.2, 0.25) is 10.0 Å². The van der Waals surface area contributed by atoms with E-state index in [2.05, 4.69) is 31.0 Å². The second-order valence-corrected chi connectivity index (χ2v) is 8.61. The summed E-state index contributed by atoms with van der Waals surface area (Å²) in [5, 5.41) is 8.50. The standard InChI is InChI=1S/C22H22Cl2N4O3/c1-22(2,3)14-4-7-16(8-5-14)30-13-28-11-10-19(26-28)21(29)31-27-20(25)17-9-6-15(23)12-18(17)24/h4-12H,13H2,1-3H3,(H2,25,27). The number of aromatic nitrogens is 2. The molecular formula is C22H22Cl2N4O3. The fraction of sp³-hybridized carbons (Fsp3) is 0.227. The summed E-state index contributed by atoms with van der Waals surface area (Å²) in [4.78, 5) is 17.0. The zero-order valence-corrected chi connectivity index (χ0v) is 18.8. The Hall–Kier alpha value is -3.03. The molecule has 0 fully saturated rings. The van der Waals surface area contributed by atoms with Crippen LogP contribution in [0.15, 0.2) is 59.9 Å². The fourth-order valence-electron chi connectivity index (χ4n) is 2.62. The molecule has 0 saturated heterocycles. The van der Waals surface area contributed by atoms with Crippen molar-refractivity contribution >= 4 is 35.0 Å². The van der Waals surface area contributed by atoms with Gasteiger partial charge in [0.1, 0.15) is 5.75 Å². The molecule has 0 aliphatic rings. The maximum Gasteiger partial charge on any atom is 0.385 e. The number of nitrogens with zero attached hydrogens (tertiary/aromatic N) is 3. The lowest BCUT2D eigenvalue weighted by Crippen LogP contribution is -2.16. The number of amidine groups is 1. The number of oxime groups is 1. The van der Waals surface area contributed by atoms with Gasteiger partial charge in [0.05, 0.1) is 5.02 Å². The Morgan fingerprint density at radius 1 is 1.13 bits per heavy atom. The van der Waals surface area contributed by atoms with Crippen molar-refractivity contribution < 1.29 is 14.4 Å². The zero-order chi connectivity index (χ0) is 22.6. The maximum absolute atomic E-state index is 12.2. The quantitative estimate of drug-likeness (QED) is 0.241. The number of ether oxygens (including phenoxy) is 1. The van der Waals surface area contributed by atoms with Gasteiger partial charge in [-0.05, 0) is 47.4 Å². The molecule has 0 radical (unpaired) electrons. The summed E-state index contributed by atoms with van der Waals surface area (Å²) < 4.78 is 7.18. The van der Waals surface area contributed by atoms with E-state index in [0.29, 0.717) is 21.4 Å². The van der Waals surface area contributed by atoms with Crippen LogP contribution in [0.3, 0.4) is 0 Å². The minimum Gasteiger partial charge on any atom is -0.471 e. The van der Waals surface area contributed by atoms with Gasteiger partial charge in [0, 0.05) is 16.8 Å². The summed E-state index contributed by atoms with van der Waals surface area (Å²) in [5.74, 6) is -0.123. The van der Waals surface area contributed by atoms with Crippen molar-refractivity contribution in [3.63, 3.8) is 0 Å². The minimum absolute atomic E-state index is 0.0588. The fourth-order valence-corrected chi connectivity index (χ4v) is 3.12. The van der Waals surface area contributed by atoms with Crippen molar-refractivity contribution in [2.24, 2.45) is 10.9 Å². The SMILES string of the molecule is CC(C)(C)c1ccc(OCn2ccc(C(=O)O/N=C(\N)c3ccc(Cl)cc3Cl)n2)cc1. The molecule has 0 aliphatic carbocycles. The van der Waals surface area contributed by atoms with E-state index < -0.39 is 5.97 Å². The van der Waals surface area contributed by atoms with E-state index in [4.69, 9.17) is 38.5 Å². The van der Waals surface area contributed by atoms with Gasteiger partial charge in [-0.2, -0.15) is 5.10 Å². The van der Waals surface area contributed by atoms with Gasteiger partial charge in [0.15, 0.2) is 18.3 Å². The van der Waals surface area contributed by atoms with E-state index >= 15 is 0 Å². The van der Waals surface area contributed by atoms with Gasteiger partial charge in [-0.3, -0.25) is 0 Å². The van der Waals surface area contributed by atoms with Gasteiger partial charge in [-0.25, -0.2) is 9.48 Å². The Kier molecular flexibility index (Phi) is 6.87. The molecule has 3 aromatic rings. The molecule has 0 saturated carbocycles. The van der Waals surface area contributed by atoms with Crippen LogP contribution in [-0.4, -0.2) is 21.6 Å². The van der Waals surface area contributed by atoms with Gasteiger partial charge in [-0.1, -0.05) is 61.3 Å². The molecule has 162 valence electrons. The lowest BCUT2D eigenvalue weighted by Gasteiger charge is -2.19. The van der Waals surface area contributed by atoms with Crippen molar-refractivity contribution in [2.45, 2.75) is 32.9 Å². The number of hydrogen-bond donors (Lipinski definition) is 1. The van der Waals surface area contributed by atoms with E-state index in [-0.39, 0.29) is 23.7 Å². The summed E-state index contributed by atoms with van der Waals surface area (Å²) in [5.41, 5.74) is 7.57. The summed E-state index contributed by atoms with van der Waals surface area (Å²) >= 11 is 11.9. The van der Waals surface area contributed by atoms with Crippen LogP contribution in [0.25, 0.3) is 0 Å². The molecule has 2 aromatic carbocycles. The number of halogens is 2. The highest BCUT2D eigenvalue weighted by molar-refractivity contribution is 6.36. The number of rotatable bonds is 6. The minimum atomic E-state index is -0.763. The Morgan fingerprint density at radius 2 is 1.84 bits per heavy atom. The van der Waals surface area contributed by atoms with Crippen LogP contribution >= 0.6 is 23.2 Å². The van der Waals surface area contributed by atoms with Crippen LogP contribution < -0.4 is 10.5 Å². The molecule has 9 heteroatoms. The van der Waals surface area contributed by atoms with Crippen molar-refractivity contribution in [3.8, 4) is 5.75 Å². The Morgan fingerprint density at radius 3 is 2.48 bits per heavy atom. The average Bonchev–Trinajstić information content (AvgIpc) is 3.19. The average molecular weight is 461 g/mol. The van der Waals surface area contributed by atoms with Crippen LogP contribution in [0.1, 0.15) is 42.4 Å². The first-order chi connectivity index (χ1) is 14.6. The first kappa shape index (κ1) is 22.7. The summed E-state index contributed by atoms with van der Waals surface area (Å²) in [7, 11) is 0. The second kappa shape index (κ2) is 9.41. The predicted molar refractivity (Wildman–Crippen MR) is 121 cm³/mol. The zero-order valence-electron chi connectivity index (χ0n) is 17.3. The molecule has 2 N–H and O–H groups in total. The molecule has 1 heterocycles. The number of carbonyl (C=O) groups is 1. The van der Waals surface area contributed by atoms with E-state index in [1.807, 2.05) is 24.3 Å². The molecule has 7 nitrogen and oxygen atoms in total. The number of carbonyl (C=O) groups excluding carboxylic acids is 1. The van der Waals surface area contributed by atoms with Crippen molar-refractivity contribution in [2.75, 3.05) is 0 Å². The van der Waals surface area contributed by atoms with E-state index in [9.17, 15) is 4.79 Å². The van der Waals surface area contributed by atoms with Crippen molar-refractivity contribution in [1.82, 2.24) is 9.78 Å². The third-order valence-corrected chi connectivity index (χ3v) is 4.92. The van der Waals surface area contributed by atoms with Gasteiger partial charge < -0.3 is 15.3 Å². The van der Waals surface area contributed by atoms with E-state index in [1.54, 1.807) is 18.3 Å². The van der Waals surface area contributed by atoms with E-state index in [0.717, 1.165) is 0 Å². The Bertz CT molecular complexity index is 1100. The third-order valence-electron chi connectivity index (χ3n) is 4.37. The van der Waals surface area contributed by atoms with Crippen LogP contribution in [0.4, 0.5) is 0 Å². The second-order valence-electron chi connectivity index (χ2n) is 7.77. The molecule has 1 aromatic heterocycles. The number of benzene rings is 2. The molecule has 0 aliphatic heterocycles. The van der Waals surface area contributed by atoms with E-state index in [1.165, 1.54) is 22.4 Å². The lowest BCUT2D eigenvalue weighted by atomic mass is 9.87. The third kappa shape index (κ3) is 5.99. The van der Waals surface area contributed by atoms with Gasteiger partial charge >= 0.3 is 5.97 Å². The first-order valence-electron chi connectivity index (χ1n) is 9.40. The van der Waals surface area contributed by atoms with Crippen LogP contribution in [0, 0.1) is 0 Å². The highest BCUT2D eigenvalue weighted by atomic mass is 35.5. The van der Waals surface area contributed by atoms with Gasteiger partial charge in [0.2, 0.25) is 0 Å². The van der Waals surface area contributed by atoms with Crippen LogP contribution in [0.5, 0.6) is 5.75 Å². The molecule has 3 rings (SSSR count). The maximum atomic E-state index is 12.2. The van der Waals surface area contributed by atoms with Crippen molar-refractivity contribution in [1.29, 1.82) is 0 Å². The molecule has 0 atom stereocenters. The molecule has 0 amide bonds. The molecular weight excluding hydrogens is 439 g/mol. The lowest BCUT2D eigenvalue weighted by molar-refractivity contribution is 0.0507. The Balaban J connectivity index is 1.58. The first-order valence-corrected chi connectivity index (χ1v) is 10.2. The highest BCUT2D eigenvalue weighted by Gasteiger charge is 2.14. The topological polar surface area (TPSA) is 91.7 Å². The van der Waals surface area contributed by atoms with Gasteiger partial charge in [-0.15, -0.1) is 0 Å². The molecule has 0 bridgehead atoms. The molecule has 31 heavy (non-hydrogen) atoms. The van der Waals surface area contributed by atoms with Crippen molar-refractivity contribution in [3.05, 3.63) is 81.6 Å². The molecule has 0 spiro atoms. The monoisotopic (exact) mass is 460 g/mol. The smallest absolute Gasteiger partial charge is 0.385 e. The van der Waals surface area contributed by atoms with Crippen LogP contribution in [-0.2, 0) is 17.0 Å². The summed E-state index contributed by atoms with van der Waals surface area (Å²) in [6.45, 7) is 6.58. The number of hydrogen-bond acceptors (Lipinski definition) is 5.